The van der Waals surface area contributed by atoms with E-state index in [1.54, 1.807) is 0 Å². The van der Waals surface area contributed by atoms with E-state index in [4.69, 9.17) is 4.52 Å². The molecule has 4 heteroatoms. The van der Waals surface area contributed by atoms with Crippen LogP contribution < -0.4 is 5.32 Å². The van der Waals surface area contributed by atoms with Crippen molar-refractivity contribution in [3.05, 3.63) is 41.0 Å². The van der Waals surface area contributed by atoms with Gasteiger partial charge in [0.15, 0.2) is 0 Å². The molecule has 0 aliphatic rings. The second-order valence-electron chi connectivity index (χ2n) is 5.52. The average Bonchev–Trinajstić information content (AvgIpc) is 2.91. The van der Waals surface area contributed by atoms with Crippen LogP contribution in [-0.4, -0.2) is 16.3 Å². The fourth-order valence-electron chi connectivity index (χ4n) is 2.11. The number of rotatable bonds is 6. The van der Waals surface area contributed by atoms with Crippen LogP contribution >= 0.6 is 0 Å². The quantitative estimate of drug-likeness (QED) is 0.869. The Morgan fingerprint density at radius 3 is 2.79 bits per heavy atom. The maximum Gasteiger partial charge on any atom is 0.138 e. The summed E-state index contributed by atoms with van der Waals surface area (Å²) in [6, 6.07) is 2.16. The standard InChI is InChI=1S/C15H23N3O/c1-11(2)7-16-8-14-5-6-18(9-14)10-15-12(3)17-19-13(15)4/h5-6,9,11,16H,7-8,10H2,1-4H3. The molecule has 4 nitrogen and oxygen atoms in total. The zero-order valence-corrected chi connectivity index (χ0v) is 12.2. The molecule has 0 radical (unpaired) electrons. The molecule has 0 bridgehead atoms. The Hall–Kier alpha value is -1.55. The van der Waals surface area contributed by atoms with E-state index < -0.39 is 0 Å². The van der Waals surface area contributed by atoms with E-state index in [-0.39, 0.29) is 0 Å². The number of hydrogen-bond acceptors (Lipinski definition) is 3. The number of nitrogens with one attached hydrogen (secondary N) is 1. The Morgan fingerprint density at radius 1 is 1.37 bits per heavy atom. The van der Waals surface area contributed by atoms with Gasteiger partial charge in [-0.25, -0.2) is 0 Å². The van der Waals surface area contributed by atoms with Gasteiger partial charge in [-0.2, -0.15) is 0 Å². The molecule has 2 rings (SSSR count). The van der Waals surface area contributed by atoms with Gasteiger partial charge >= 0.3 is 0 Å². The van der Waals surface area contributed by atoms with E-state index in [1.165, 1.54) is 11.1 Å². The van der Waals surface area contributed by atoms with Gasteiger partial charge in [0.25, 0.3) is 0 Å². The minimum atomic E-state index is 0.685. The normalized spacial score (nSPS) is 11.4. The van der Waals surface area contributed by atoms with E-state index >= 15 is 0 Å². The van der Waals surface area contributed by atoms with Crippen molar-refractivity contribution in [3.63, 3.8) is 0 Å². The maximum atomic E-state index is 5.19. The van der Waals surface area contributed by atoms with E-state index in [0.29, 0.717) is 5.92 Å². The lowest BCUT2D eigenvalue weighted by Crippen LogP contribution is -2.18. The fraction of sp³-hybridized carbons (Fsp3) is 0.533. The highest BCUT2D eigenvalue weighted by Gasteiger charge is 2.09. The van der Waals surface area contributed by atoms with Crippen LogP contribution in [0.1, 0.15) is 36.4 Å². The minimum Gasteiger partial charge on any atom is -0.361 e. The molecule has 0 amide bonds. The molecule has 0 saturated carbocycles. The zero-order chi connectivity index (χ0) is 13.8. The summed E-state index contributed by atoms with van der Waals surface area (Å²) in [5.74, 6) is 1.59. The van der Waals surface area contributed by atoms with Crippen LogP contribution in [0.3, 0.4) is 0 Å². The molecule has 0 atom stereocenters. The molecule has 2 aromatic rings. The SMILES string of the molecule is Cc1noc(C)c1Cn1ccc(CNCC(C)C)c1. The van der Waals surface area contributed by atoms with Gasteiger partial charge in [-0.15, -0.1) is 0 Å². The van der Waals surface area contributed by atoms with Crippen molar-refractivity contribution in [1.29, 1.82) is 0 Å². The molecule has 0 aliphatic heterocycles. The van der Waals surface area contributed by atoms with Crippen molar-refractivity contribution in [2.75, 3.05) is 6.54 Å². The Morgan fingerprint density at radius 2 is 2.16 bits per heavy atom. The summed E-state index contributed by atoms with van der Waals surface area (Å²) in [5, 5.41) is 7.44. The van der Waals surface area contributed by atoms with Crippen LogP contribution in [0, 0.1) is 19.8 Å². The van der Waals surface area contributed by atoms with Crippen molar-refractivity contribution in [3.8, 4) is 0 Å². The van der Waals surface area contributed by atoms with E-state index in [9.17, 15) is 0 Å². The molecule has 0 aliphatic carbocycles. The highest BCUT2D eigenvalue weighted by molar-refractivity contribution is 5.22. The largest absolute Gasteiger partial charge is 0.361 e. The molecule has 0 spiro atoms. The summed E-state index contributed by atoms with van der Waals surface area (Å²) in [7, 11) is 0. The Labute approximate surface area is 114 Å². The Bertz CT molecular complexity index is 506. The smallest absolute Gasteiger partial charge is 0.138 e. The summed E-state index contributed by atoms with van der Waals surface area (Å²) >= 11 is 0. The lowest BCUT2D eigenvalue weighted by Gasteiger charge is -2.06. The minimum absolute atomic E-state index is 0.685. The molecule has 1 N–H and O–H groups in total. The number of nitrogens with zero attached hydrogens (tertiary/aromatic N) is 2. The van der Waals surface area contributed by atoms with E-state index in [1.807, 2.05) is 13.8 Å². The lowest BCUT2D eigenvalue weighted by molar-refractivity contribution is 0.392. The molecular formula is C15H23N3O. The van der Waals surface area contributed by atoms with Crippen LogP contribution in [-0.2, 0) is 13.1 Å². The van der Waals surface area contributed by atoms with Gasteiger partial charge in [0.2, 0.25) is 0 Å². The van der Waals surface area contributed by atoms with Crippen LogP contribution in [0.25, 0.3) is 0 Å². The van der Waals surface area contributed by atoms with Gasteiger partial charge in [0.05, 0.1) is 12.2 Å². The van der Waals surface area contributed by atoms with Crippen LogP contribution in [0.15, 0.2) is 23.0 Å². The fourth-order valence-corrected chi connectivity index (χ4v) is 2.11. The van der Waals surface area contributed by atoms with E-state index in [2.05, 4.69) is 47.3 Å². The molecular weight excluding hydrogens is 238 g/mol. The van der Waals surface area contributed by atoms with Crippen molar-refractivity contribution in [2.24, 2.45) is 5.92 Å². The topological polar surface area (TPSA) is 43.0 Å². The van der Waals surface area contributed by atoms with Crippen LogP contribution in [0.2, 0.25) is 0 Å². The van der Waals surface area contributed by atoms with Crippen LogP contribution in [0.4, 0.5) is 0 Å². The Kier molecular flexibility index (Phi) is 4.43. The lowest BCUT2D eigenvalue weighted by atomic mass is 10.2. The highest BCUT2D eigenvalue weighted by atomic mass is 16.5. The molecule has 2 heterocycles. The van der Waals surface area contributed by atoms with Gasteiger partial charge in [0, 0.05) is 24.5 Å². The van der Waals surface area contributed by atoms with Crippen molar-refractivity contribution in [1.82, 2.24) is 15.0 Å². The van der Waals surface area contributed by atoms with Gasteiger partial charge in [-0.3, -0.25) is 0 Å². The summed E-state index contributed by atoms with van der Waals surface area (Å²) in [4.78, 5) is 0. The first-order chi connectivity index (χ1) is 9.06. The number of aromatic nitrogens is 2. The maximum absolute atomic E-state index is 5.19. The second kappa shape index (κ2) is 6.06. The first-order valence-electron chi connectivity index (χ1n) is 6.83. The first-order valence-corrected chi connectivity index (χ1v) is 6.83. The number of hydrogen-bond donors (Lipinski definition) is 1. The molecule has 0 saturated heterocycles. The van der Waals surface area contributed by atoms with Crippen molar-refractivity contribution < 1.29 is 4.52 Å². The van der Waals surface area contributed by atoms with Crippen LogP contribution in [0.5, 0.6) is 0 Å². The summed E-state index contributed by atoms with van der Waals surface area (Å²) < 4.78 is 7.37. The molecule has 0 aromatic carbocycles. The average molecular weight is 261 g/mol. The third-order valence-corrected chi connectivity index (χ3v) is 3.22. The third kappa shape index (κ3) is 3.70. The Balaban J connectivity index is 1.94. The molecule has 0 unspecified atom stereocenters. The number of aryl methyl sites for hydroxylation is 2. The predicted molar refractivity (Wildman–Crippen MR) is 76.1 cm³/mol. The predicted octanol–water partition coefficient (Wildman–Crippen LogP) is 2.89. The first kappa shape index (κ1) is 13.9. The molecule has 2 aromatic heterocycles. The van der Waals surface area contributed by atoms with Gasteiger partial charge in [-0.1, -0.05) is 19.0 Å². The summed E-state index contributed by atoms with van der Waals surface area (Å²) in [6.45, 7) is 11.2. The zero-order valence-electron chi connectivity index (χ0n) is 12.2. The van der Waals surface area contributed by atoms with Crippen molar-refractivity contribution >= 4 is 0 Å². The highest BCUT2D eigenvalue weighted by Crippen LogP contribution is 2.14. The summed E-state index contributed by atoms with van der Waals surface area (Å²) in [6.07, 6.45) is 4.29. The monoisotopic (exact) mass is 261 g/mol. The van der Waals surface area contributed by atoms with Gasteiger partial charge in [-0.05, 0) is 37.9 Å². The third-order valence-electron chi connectivity index (χ3n) is 3.22. The van der Waals surface area contributed by atoms with Gasteiger partial charge in [0.1, 0.15) is 5.76 Å². The molecule has 0 fully saturated rings. The van der Waals surface area contributed by atoms with E-state index in [0.717, 1.165) is 31.1 Å². The van der Waals surface area contributed by atoms with Crippen molar-refractivity contribution in [2.45, 2.75) is 40.8 Å². The molecule has 19 heavy (non-hydrogen) atoms. The van der Waals surface area contributed by atoms with Gasteiger partial charge < -0.3 is 14.4 Å². The summed E-state index contributed by atoms with van der Waals surface area (Å²) in [5.41, 5.74) is 3.47. The second-order valence-corrected chi connectivity index (χ2v) is 5.52. The molecule has 104 valence electrons.